The Kier molecular flexibility index (Phi) is 3.94. The smallest absolute Gasteiger partial charge is 0.311 e. The molecule has 26 heavy (non-hydrogen) atoms. The fraction of sp³-hybridized carbons (Fsp3) is 0.591. The Morgan fingerprint density at radius 1 is 1.27 bits per heavy atom. The van der Waals surface area contributed by atoms with Gasteiger partial charge in [0, 0.05) is 19.1 Å². The average molecular weight is 353 g/mol. The topological polar surface area (TPSA) is 49.8 Å². The number of carbonyl (C=O) groups is 1. The largest absolute Gasteiger partial charge is 0.469 e. The van der Waals surface area contributed by atoms with Gasteiger partial charge in [-0.3, -0.25) is 9.69 Å². The van der Waals surface area contributed by atoms with Crippen LogP contribution >= 0.6 is 0 Å². The van der Waals surface area contributed by atoms with Crippen molar-refractivity contribution in [3.8, 4) is 0 Å². The number of carbonyl (C=O) groups excluding carboxylic acids is 1. The molecule has 5 atom stereocenters. The van der Waals surface area contributed by atoms with E-state index < -0.39 is 6.10 Å². The third-order valence-corrected chi connectivity index (χ3v) is 7.36. The van der Waals surface area contributed by atoms with Crippen LogP contribution in [0.1, 0.15) is 36.8 Å². The summed E-state index contributed by atoms with van der Waals surface area (Å²) in [4.78, 5) is 15.0. The number of rotatable bonds is 1. The summed E-state index contributed by atoms with van der Waals surface area (Å²) in [5.74, 6) is 0.170. The SMILES string of the molecule is COC(=O)[C@@H]1[C@H]2CC3C4=C(CCN3C[C@@H]2CC[C@@H]1O)c1ccccc1C4. The van der Waals surface area contributed by atoms with E-state index in [1.165, 1.54) is 18.2 Å². The van der Waals surface area contributed by atoms with E-state index in [2.05, 4.69) is 29.2 Å². The van der Waals surface area contributed by atoms with Gasteiger partial charge in [0.15, 0.2) is 0 Å². The standard InChI is InChI=1S/C22H27NO3/c1-26-22(25)21-17-11-19-18-10-13-4-2-3-5-15(13)16(18)8-9-23(19)12-14(17)6-7-20(21)24/h2-5,14,17,19-21,24H,6-12H2,1H3/t14-,17-,19?,20-,21+/m0/s1. The van der Waals surface area contributed by atoms with E-state index in [0.717, 1.165) is 45.2 Å². The van der Waals surface area contributed by atoms with Crippen molar-refractivity contribution >= 4 is 11.5 Å². The Morgan fingerprint density at radius 3 is 2.96 bits per heavy atom. The van der Waals surface area contributed by atoms with Crippen LogP contribution in [0.25, 0.3) is 5.57 Å². The number of methoxy groups -OCH3 is 1. The molecule has 1 saturated carbocycles. The van der Waals surface area contributed by atoms with Gasteiger partial charge in [-0.1, -0.05) is 24.3 Å². The van der Waals surface area contributed by atoms with Crippen LogP contribution in [0, 0.1) is 17.8 Å². The quantitative estimate of drug-likeness (QED) is 0.789. The fourth-order valence-electron chi connectivity index (χ4n) is 6.16. The summed E-state index contributed by atoms with van der Waals surface area (Å²) >= 11 is 0. The number of fused-ring (bicyclic) bond motifs is 5. The number of nitrogens with zero attached hydrogens (tertiary/aromatic N) is 1. The minimum absolute atomic E-state index is 0.222. The molecule has 2 aliphatic heterocycles. The van der Waals surface area contributed by atoms with Crippen molar-refractivity contribution in [3.63, 3.8) is 0 Å². The predicted octanol–water partition coefficient (Wildman–Crippen LogP) is 2.65. The summed E-state index contributed by atoms with van der Waals surface area (Å²) in [5, 5.41) is 10.5. The number of ether oxygens (including phenoxy) is 1. The first-order chi connectivity index (χ1) is 12.7. The van der Waals surface area contributed by atoms with Crippen LogP contribution in [0.2, 0.25) is 0 Å². The Morgan fingerprint density at radius 2 is 2.12 bits per heavy atom. The van der Waals surface area contributed by atoms with E-state index in [9.17, 15) is 9.90 Å². The molecule has 4 nitrogen and oxygen atoms in total. The van der Waals surface area contributed by atoms with Gasteiger partial charge < -0.3 is 9.84 Å². The van der Waals surface area contributed by atoms with Gasteiger partial charge in [0.1, 0.15) is 0 Å². The first kappa shape index (κ1) is 16.5. The molecule has 0 aromatic heterocycles. The number of piperidine rings is 1. The predicted molar refractivity (Wildman–Crippen MR) is 99.4 cm³/mol. The summed E-state index contributed by atoms with van der Waals surface area (Å²) in [6.45, 7) is 2.18. The molecule has 0 bridgehead atoms. The van der Waals surface area contributed by atoms with E-state index in [1.54, 1.807) is 11.1 Å². The Balaban J connectivity index is 1.47. The molecule has 2 heterocycles. The molecule has 138 valence electrons. The second-order valence-electron chi connectivity index (χ2n) is 8.45. The van der Waals surface area contributed by atoms with Crippen LogP contribution in [-0.2, 0) is 16.0 Å². The number of esters is 1. The molecule has 1 saturated heterocycles. The fourth-order valence-corrected chi connectivity index (χ4v) is 6.16. The van der Waals surface area contributed by atoms with Gasteiger partial charge in [0.2, 0.25) is 0 Å². The summed E-state index contributed by atoms with van der Waals surface area (Å²) in [6, 6.07) is 9.22. The number of aliphatic hydroxyl groups is 1. The van der Waals surface area contributed by atoms with Crippen LogP contribution < -0.4 is 0 Å². The molecule has 1 unspecified atom stereocenters. The molecule has 4 heteroatoms. The van der Waals surface area contributed by atoms with Crippen molar-refractivity contribution in [1.82, 2.24) is 4.90 Å². The number of aliphatic hydroxyl groups excluding tert-OH is 1. The van der Waals surface area contributed by atoms with Gasteiger partial charge in [-0.25, -0.2) is 0 Å². The van der Waals surface area contributed by atoms with Crippen molar-refractivity contribution in [3.05, 3.63) is 41.0 Å². The Hall–Kier alpha value is -1.65. The van der Waals surface area contributed by atoms with Crippen molar-refractivity contribution in [2.75, 3.05) is 20.2 Å². The molecule has 2 aliphatic carbocycles. The third-order valence-electron chi connectivity index (χ3n) is 7.36. The summed E-state index contributed by atoms with van der Waals surface area (Å²) in [7, 11) is 1.45. The molecule has 5 rings (SSSR count). The van der Waals surface area contributed by atoms with Gasteiger partial charge in [-0.05, 0) is 66.2 Å². The molecular formula is C22H27NO3. The van der Waals surface area contributed by atoms with Crippen LogP contribution in [0.3, 0.4) is 0 Å². The molecule has 1 aromatic carbocycles. The molecular weight excluding hydrogens is 326 g/mol. The maximum Gasteiger partial charge on any atom is 0.311 e. The highest BCUT2D eigenvalue weighted by molar-refractivity contribution is 5.78. The van der Waals surface area contributed by atoms with Gasteiger partial charge in [0.25, 0.3) is 0 Å². The van der Waals surface area contributed by atoms with E-state index in [0.29, 0.717) is 12.0 Å². The highest BCUT2D eigenvalue weighted by atomic mass is 16.5. The molecule has 0 spiro atoms. The Labute approximate surface area is 154 Å². The second kappa shape index (κ2) is 6.21. The van der Waals surface area contributed by atoms with Gasteiger partial charge >= 0.3 is 5.97 Å². The maximum atomic E-state index is 12.4. The van der Waals surface area contributed by atoms with Crippen molar-refractivity contribution in [1.29, 1.82) is 0 Å². The Bertz CT molecular complexity index is 770. The van der Waals surface area contributed by atoms with Crippen molar-refractivity contribution in [2.45, 2.75) is 44.2 Å². The molecule has 0 radical (unpaired) electrons. The highest BCUT2D eigenvalue weighted by Crippen LogP contribution is 2.49. The minimum atomic E-state index is -0.548. The van der Waals surface area contributed by atoms with Gasteiger partial charge in [0.05, 0.1) is 19.1 Å². The van der Waals surface area contributed by atoms with E-state index >= 15 is 0 Å². The third kappa shape index (κ3) is 2.39. The monoisotopic (exact) mass is 353 g/mol. The molecule has 4 aliphatic rings. The molecule has 2 fully saturated rings. The zero-order chi connectivity index (χ0) is 17.8. The normalized spacial score (nSPS) is 36.0. The lowest BCUT2D eigenvalue weighted by molar-refractivity contribution is -0.159. The van der Waals surface area contributed by atoms with Crippen molar-refractivity contribution < 1.29 is 14.6 Å². The first-order valence-corrected chi connectivity index (χ1v) is 9.97. The van der Waals surface area contributed by atoms with E-state index in [-0.39, 0.29) is 17.8 Å². The van der Waals surface area contributed by atoms with E-state index in [1.807, 2.05) is 0 Å². The van der Waals surface area contributed by atoms with E-state index in [4.69, 9.17) is 4.74 Å². The summed E-state index contributed by atoms with van der Waals surface area (Å²) < 4.78 is 5.06. The first-order valence-electron chi connectivity index (χ1n) is 9.97. The number of hydrogen-bond acceptors (Lipinski definition) is 4. The number of hydrogen-bond donors (Lipinski definition) is 1. The minimum Gasteiger partial charge on any atom is -0.469 e. The molecule has 1 N–H and O–H groups in total. The van der Waals surface area contributed by atoms with Crippen molar-refractivity contribution in [2.24, 2.45) is 17.8 Å². The molecule has 0 amide bonds. The van der Waals surface area contributed by atoms with Crippen LogP contribution in [0.5, 0.6) is 0 Å². The summed E-state index contributed by atoms with van der Waals surface area (Å²) in [6.07, 6.45) is 4.37. The second-order valence-corrected chi connectivity index (χ2v) is 8.45. The van der Waals surface area contributed by atoms with Gasteiger partial charge in [-0.2, -0.15) is 0 Å². The lowest BCUT2D eigenvalue weighted by Crippen LogP contribution is -2.56. The van der Waals surface area contributed by atoms with Gasteiger partial charge in [-0.15, -0.1) is 0 Å². The molecule has 1 aromatic rings. The lowest BCUT2D eigenvalue weighted by Gasteiger charge is -2.51. The zero-order valence-electron chi connectivity index (χ0n) is 15.4. The van der Waals surface area contributed by atoms with Crippen LogP contribution in [0.15, 0.2) is 29.8 Å². The highest BCUT2D eigenvalue weighted by Gasteiger charge is 2.50. The lowest BCUT2D eigenvalue weighted by atomic mass is 9.64. The van der Waals surface area contributed by atoms with Crippen LogP contribution in [0.4, 0.5) is 0 Å². The summed E-state index contributed by atoms with van der Waals surface area (Å²) in [5.41, 5.74) is 6.01. The number of benzene rings is 1. The average Bonchev–Trinajstić information content (AvgIpc) is 3.05. The zero-order valence-corrected chi connectivity index (χ0v) is 15.4. The van der Waals surface area contributed by atoms with Crippen LogP contribution in [-0.4, -0.2) is 48.3 Å². The maximum absolute atomic E-state index is 12.4.